The van der Waals surface area contributed by atoms with E-state index in [0.717, 1.165) is 24.8 Å². The van der Waals surface area contributed by atoms with Gasteiger partial charge in [-0.2, -0.15) is 5.10 Å². The molecule has 1 unspecified atom stereocenters. The standard InChI is InChI=1S/C16H19FN4O/c1-20-11-14(10-18-20)19-16(22)21-9-3-2-4-15(21)12-5-7-13(17)8-6-12/h5-8,10-11,15H,2-4,9H2,1H3,(H,19,22). The number of carbonyl (C=O) groups excluding carboxylic acids is 1. The minimum atomic E-state index is -0.258. The number of aromatic nitrogens is 2. The first-order chi connectivity index (χ1) is 10.6. The zero-order valence-corrected chi connectivity index (χ0v) is 12.5. The fourth-order valence-electron chi connectivity index (χ4n) is 2.89. The van der Waals surface area contributed by atoms with Gasteiger partial charge in [-0.15, -0.1) is 0 Å². The smallest absolute Gasteiger partial charge is 0.317 e. The molecule has 2 heterocycles. The van der Waals surface area contributed by atoms with Gasteiger partial charge in [0, 0.05) is 19.8 Å². The number of aryl methyl sites for hydroxylation is 1. The van der Waals surface area contributed by atoms with Crippen LogP contribution >= 0.6 is 0 Å². The van der Waals surface area contributed by atoms with E-state index in [0.29, 0.717) is 12.2 Å². The number of hydrogen-bond acceptors (Lipinski definition) is 2. The summed E-state index contributed by atoms with van der Waals surface area (Å²) in [7, 11) is 1.80. The Bertz CT molecular complexity index is 652. The second-order valence-corrected chi connectivity index (χ2v) is 5.59. The summed E-state index contributed by atoms with van der Waals surface area (Å²) in [5.74, 6) is -0.258. The molecular weight excluding hydrogens is 283 g/mol. The lowest BCUT2D eigenvalue weighted by Gasteiger charge is -2.36. The molecule has 2 amide bonds. The summed E-state index contributed by atoms with van der Waals surface area (Å²) in [5, 5.41) is 6.92. The largest absolute Gasteiger partial charge is 0.322 e. The molecule has 0 aliphatic carbocycles. The molecule has 1 aliphatic rings. The molecule has 1 aliphatic heterocycles. The Morgan fingerprint density at radius 1 is 1.32 bits per heavy atom. The van der Waals surface area contributed by atoms with Crippen LogP contribution in [-0.2, 0) is 7.05 Å². The molecule has 1 aromatic heterocycles. The van der Waals surface area contributed by atoms with Gasteiger partial charge in [-0.05, 0) is 37.0 Å². The molecular formula is C16H19FN4O. The van der Waals surface area contributed by atoms with Gasteiger partial charge in [-0.25, -0.2) is 9.18 Å². The molecule has 22 heavy (non-hydrogen) atoms. The summed E-state index contributed by atoms with van der Waals surface area (Å²) in [6.45, 7) is 0.703. The second-order valence-electron chi connectivity index (χ2n) is 5.59. The number of anilines is 1. The van der Waals surface area contributed by atoms with Crippen molar-refractivity contribution in [2.45, 2.75) is 25.3 Å². The van der Waals surface area contributed by atoms with Gasteiger partial charge in [0.15, 0.2) is 0 Å². The van der Waals surface area contributed by atoms with E-state index in [1.807, 2.05) is 4.90 Å². The number of nitrogens with zero attached hydrogens (tertiary/aromatic N) is 3. The van der Waals surface area contributed by atoms with Crippen LogP contribution in [0.15, 0.2) is 36.7 Å². The third-order valence-corrected chi connectivity index (χ3v) is 3.97. The van der Waals surface area contributed by atoms with Gasteiger partial charge in [-0.3, -0.25) is 4.68 Å². The van der Waals surface area contributed by atoms with Crippen molar-refractivity contribution in [3.63, 3.8) is 0 Å². The van der Waals surface area contributed by atoms with Gasteiger partial charge in [0.2, 0.25) is 0 Å². The zero-order chi connectivity index (χ0) is 15.5. The van der Waals surface area contributed by atoms with E-state index in [2.05, 4.69) is 10.4 Å². The van der Waals surface area contributed by atoms with Gasteiger partial charge in [0.05, 0.1) is 17.9 Å². The Morgan fingerprint density at radius 2 is 2.09 bits per heavy atom. The second kappa shape index (κ2) is 6.17. The Labute approximate surface area is 128 Å². The number of nitrogens with one attached hydrogen (secondary N) is 1. The lowest BCUT2D eigenvalue weighted by atomic mass is 9.95. The van der Waals surface area contributed by atoms with Crippen molar-refractivity contribution in [3.05, 3.63) is 48.0 Å². The van der Waals surface area contributed by atoms with E-state index in [4.69, 9.17) is 0 Å². The average Bonchev–Trinajstić information content (AvgIpc) is 2.93. The van der Waals surface area contributed by atoms with Crippen molar-refractivity contribution in [2.75, 3.05) is 11.9 Å². The highest BCUT2D eigenvalue weighted by Crippen LogP contribution is 2.31. The third-order valence-electron chi connectivity index (χ3n) is 3.97. The summed E-state index contributed by atoms with van der Waals surface area (Å²) >= 11 is 0. The normalized spacial score (nSPS) is 18.3. The van der Waals surface area contributed by atoms with E-state index in [1.54, 1.807) is 36.3 Å². The maximum Gasteiger partial charge on any atom is 0.322 e. The van der Waals surface area contributed by atoms with E-state index in [-0.39, 0.29) is 17.9 Å². The molecule has 0 spiro atoms. The van der Waals surface area contributed by atoms with E-state index in [1.165, 1.54) is 12.1 Å². The minimum absolute atomic E-state index is 0.00831. The van der Waals surface area contributed by atoms with Gasteiger partial charge in [-0.1, -0.05) is 12.1 Å². The van der Waals surface area contributed by atoms with Crippen LogP contribution in [0, 0.1) is 5.82 Å². The molecule has 0 bridgehead atoms. The first-order valence-corrected chi connectivity index (χ1v) is 7.45. The van der Waals surface area contributed by atoms with Crippen molar-refractivity contribution in [3.8, 4) is 0 Å². The van der Waals surface area contributed by atoms with Crippen LogP contribution in [0.3, 0.4) is 0 Å². The molecule has 5 nitrogen and oxygen atoms in total. The molecule has 1 fully saturated rings. The molecule has 116 valence electrons. The first-order valence-electron chi connectivity index (χ1n) is 7.45. The van der Waals surface area contributed by atoms with Crippen molar-refractivity contribution in [1.82, 2.24) is 14.7 Å². The van der Waals surface area contributed by atoms with Gasteiger partial charge < -0.3 is 10.2 Å². The number of likely N-dealkylation sites (tertiary alicyclic amines) is 1. The predicted octanol–water partition coefficient (Wildman–Crippen LogP) is 3.32. The van der Waals surface area contributed by atoms with Crippen LogP contribution in [-0.4, -0.2) is 27.3 Å². The van der Waals surface area contributed by atoms with Crippen LogP contribution in [0.5, 0.6) is 0 Å². The maximum absolute atomic E-state index is 13.1. The molecule has 6 heteroatoms. The van der Waals surface area contributed by atoms with Crippen LogP contribution in [0.4, 0.5) is 14.9 Å². The molecule has 1 saturated heterocycles. The van der Waals surface area contributed by atoms with Crippen molar-refractivity contribution in [2.24, 2.45) is 7.05 Å². The monoisotopic (exact) mass is 302 g/mol. The summed E-state index contributed by atoms with van der Waals surface area (Å²) in [6.07, 6.45) is 6.33. The van der Waals surface area contributed by atoms with Gasteiger partial charge in [0.25, 0.3) is 0 Å². The van der Waals surface area contributed by atoms with E-state index in [9.17, 15) is 9.18 Å². The van der Waals surface area contributed by atoms with Crippen molar-refractivity contribution < 1.29 is 9.18 Å². The summed E-state index contributed by atoms with van der Waals surface area (Å²) in [4.78, 5) is 14.4. The topological polar surface area (TPSA) is 50.2 Å². The number of hydrogen-bond donors (Lipinski definition) is 1. The predicted molar refractivity (Wildman–Crippen MR) is 81.9 cm³/mol. The lowest BCUT2D eigenvalue weighted by molar-refractivity contribution is 0.163. The molecule has 3 rings (SSSR count). The van der Waals surface area contributed by atoms with E-state index < -0.39 is 0 Å². The quantitative estimate of drug-likeness (QED) is 0.925. The number of amides is 2. The Hall–Kier alpha value is -2.37. The highest BCUT2D eigenvalue weighted by molar-refractivity contribution is 5.89. The average molecular weight is 302 g/mol. The third kappa shape index (κ3) is 3.10. The number of piperidine rings is 1. The SMILES string of the molecule is Cn1cc(NC(=O)N2CCCCC2c2ccc(F)cc2)cn1. The maximum atomic E-state index is 13.1. The number of halogens is 1. The Balaban J connectivity index is 1.77. The Morgan fingerprint density at radius 3 is 2.77 bits per heavy atom. The van der Waals surface area contributed by atoms with Crippen molar-refractivity contribution >= 4 is 11.7 Å². The van der Waals surface area contributed by atoms with Crippen molar-refractivity contribution in [1.29, 1.82) is 0 Å². The lowest BCUT2D eigenvalue weighted by Crippen LogP contribution is -2.41. The summed E-state index contributed by atoms with van der Waals surface area (Å²) in [6, 6.07) is 6.27. The van der Waals surface area contributed by atoms with Gasteiger partial charge >= 0.3 is 6.03 Å². The molecule has 0 radical (unpaired) electrons. The first kappa shape index (κ1) is 14.6. The fraction of sp³-hybridized carbons (Fsp3) is 0.375. The minimum Gasteiger partial charge on any atom is -0.317 e. The highest BCUT2D eigenvalue weighted by atomic mass is 19.1. The van der Waals surface area contributed by atoms with Gasteiger partial charge in [0.1, 0.15) is 5.82 Å². The van der Waals surface area contributed by atoms with Crippen LogP contribution in [0.1, 0.15) is 30.9 Å². The van der Waals surface area contributed by atoms with E-state index >= 15 is 0 Å². The number of carbonyl (C=O) groups is 1. The Kier molecular flexibility index (Phi) is 4.09. The number of rotatable bonds is 2. The van der Waals surface area contributed by atoms with Crippen LogP contribution in [0.2, 0.25) is 0 Å². The molecule has 0 saturated carbocycles. The fourth-order valence-corrected chi connectivity index (χ4v) is 2.89. The molecule has 2 aromatic rings. The zero-order valence-electron chi connectivity index (χ0n) is 12.5. The number of benzene rings is 1. The molecule has 1 aromatic carbocycles. The summed E-state index contributed by atoms with van der Waals surface area (Å²) in [5.41, 5.74) is 1.65. The van der Waals surface area contributed by atoms with Crippen LogP contribution < -0.4 is 5.32 Å². The highest BCUT2D eigenvalue weighted by Gasteiger charge is 2.28. The summed E-state index contributed by atoms with van der Waals surface area (Å²) < 4.78 is 14.7. The van der Waals surface area contributed by atoms with Crippen LogP contribution in [0.25, 0.3) is 0 Å². The molecule has 1 atom stereocenters. The number of urea groups is 1. The molecule has 1 N–H and O–H groups in total.